The summed E-state index contributed by atoms with van der Waals surface area (Å²) in [6, 6.07) is -1.65. The highest BCUT2D eigenvalue weighted by Crippen LogP contribution is 2.28. The number of Topliss-reactive ketones (excluding diaryl/α,β-unsaturated/α-hetero) is 1. The van der Waals surface area contributed by atoms with Gasteiger partial charge in [0.25, 0.3) is 5.78 Å². The van der Waals surface area contributed by atoms with Gasteiger partial charge in [0.05, 0.1) is 6.04 Å². The smallest absolute Gasteiger partial charge is 0.374 e. The van der Waals surface area contributed by atoms with E-state index >= 15 is 0 Å². The second-order valence-corrected chi connectivity index (χ2v) is 9.66. The van der Waals surface area contributed by atoms with E-state index in [0.29, 0.717) is 31.7 Å². The highest BCUT2D eigenvalue weighted by Gasteiger charge is 2.36. The first-order valence-corrected chi connectivity index (χ1v) is 14.2. The van der Waals surface area contributed by atoms with Crippen molar-refractivity contribution in [3.8, 4) is 0 Å². The van der Waals surface area contributed by atoms with Gasteiger partial charge in [-0.2, -0.15) is 0 Å². The molecule has 2 fully saturated rings. The molecule has 7 heteroatoms. The van der Waals surface area contributed by atoms with E-state index in [-0.39, 0.29) is 11.8 Å². The molecule has 35 heavy (non-hydrogen) atoms. The number of amides is 2. The van der Waals surface area contributed by atoms with E-state index in [9.17, 15) is 24.3 Å². The fraction of sp³-hybridized carbons (Fsp3) is 0.857. The summed E-state index contributed by atoms with van der Waals surface area (Å²) >= 11 is 0. The number of hydrogen-bond donors (Lipinski definition) is 2. The largest absolute Gasteiger partial charge is 0.475 e. The van der Waals surface area contributed by atoms with Crippen molar-refractivity contribution in [1.29, 1.82) is 0 Å². The third-order valence-corrected chi connectivity index (χ3v) is 6.88. The predicted octanol–water partition coefficient (Wildman–Crippen LogP) is 5.75. The van der Waals surface area contributed by atoms with Crippen LogP contribution in [0.3, 0.4) is 0 Å². The van der Waals surface area contributed by atoms with Gasteiger partial charge < -0.3 is 15.3 Å². The minimum Gasteiger partial charge on any atom is -0.475 e. The van der Waals surface area contributed by atoms with Gasteiger partial charge in [-0.25, -0.2) is 4.79 Å². The first kappa shape index (κ1) is 33.1. The topological polar surface area (TPSA) is 104 Å². The fourth-order valence-corrected chi connectivity index (χ4v) is 4.86. The van der Waals surface area contributed by atoms with Gasteiger partial charge >= 0.3 is 5.97 Å². The SMILES string of the molecule is CC.CCC.CCC(CC)CC(NC(=O)C1CCCCN1C(=O)CC1CCCCC1)C(=O)C(=O)O. The molecule has 204 valence electrons. The Kier molecular flexibility index (Phi) is 18.2. The van der Waals surface area contributed by atoms with Crippen molar-refractivity contribution < 1.29 is 24.3 Å². The minimum atomic E-state index is -1.53. The lowest BCUT2D eigenvalue weighted by molar-refractivity contribution is -0.151. The Hall–Kier alpha value is -1.92. The summed E-state index contributed by atoms with van der Waals surface area (Å²) in [6.07, 6.45) is 11.6. The third-order valence-electron chi connectivity index (χ3n) is 6.88. The van der Waals surface area contributed by atoms with Crippen LogP contribution in [0.4, 0.5) is 0 Å². The van der Waals surface area contributed by atoms with Crippen molar-refractivity contribution in [3.63, 3.8) is 0 Å². The summed E-state index contributed by atoms with van der Waals surface area (Å²) in [7, 11) is 0. The summed E-state index contributed by atoms with van der Waals surface area (Å²) in [5.41, 5.74) is 0. The second-order valence-electron chi connectivity index (χ2n) is 9.66. The minimum absolute atomic E-state index is 0.0165. The van der Waals surface area contributed by atoms with Crippen LogP contribution >= 0.6 is 0 Å². The number of carboxylic acid groups (broad SMARTS) is 1. The lowest BCUT2D eigenvalue weighted by Gasteiger charge is -2.36. The zero-order chi connectivity index (χ0) is 26.8. The quantitative estimate of drug-likeness (QED) is 0.375. The molecule has 1 aliphatic carbocycles. The Balaban J connectivity index is 0.00000214. The van der Waals surface area contributed by atoms with Crippen molar-refractivity contribution in [2.45, 2.75) is 137 Å². The van der Waals surface area contributed by atoms with Crippen LogP contribution < -0.4 is 5.32 Å². The molecule has 0 radical (unpaired) electrons. The van der Waals surface area contributed by atoms with E-state index in [1.54, 1.807) is 4.90 Å². The van der Waals surface area contributed by atoms with Gasteiger partial charge in [-0.1, -0.05) is 80.1 Å². The fourth-order valence-electron chi connectivity index (χ4n) is 4.86. The Labute approximate surface area is 213 Å². The van der Waals surface area contributed by atoms with Crippen LogP contribution in [0.5, 0.6) is 0 Å². The highest BCUT2D eigenvalue weighted by molar-refractivity contribution is 6.35. The average molecular weight is 497 g/mol. The maximum absolute atomic E-state index is 13.1. The predicted molar refractivity (Wildman–Crippen MR) is 141 cm³/mol. The standard InChI is InChI=1S/C23H38N2O5.C3H8.C2H6/c1-3-16(4-2)14-18(21(27)23(29)30)24-22(28)19-12-8-9-13-25(19)20(26)15-17-10-6-5-7-11-17;1-3-2;1-2/h16-19H,3-15H2,1-2H3,(H,24,28)(H,29,30);3H2,1-2H3;1-2H3. The molecular formula is C28H52N2O5. The van der Waals surface area contributed by atoms with Crippen molar-refractivity contribution in [2.75, 3.05) is 6.54 Å². The second kappa shape index (κ2) is 19.3. The van der Waals surface area contributed by atoms with Crippen LogP contribution in [0.15, 0.2) is 0 Å². The molecule has 0 bridgehead atoms. The molecule has 0 aromatic rings. The first-order valence-electron chi connectivity index (χ1n) is 14.2. The number of nitrogens with zero attached hydrogens (tertiary/aromatic N) is 1. The number of hydrogen-bond acceptors (Lipinski definition) is 4. The molecule has 0 aromatic heterocycles. The van der Waals surface area contributed by atoms with Crippen molar-refractivity contribution >= 4 is 23.6 Å². The molecule has 7 nitrogen and oxygen atoms in total. The number of aliphatic carboxylic acids is 1. The normalized spacial score (nSPS) is 18.9. The van der Waals surface area contributed by atoms with E-state index in [1.807, 2.05) is 27.7 Å². The van der Waals surface area contributed by atoms with Crippen LogP contribution in [0.25, 0.3) is 0 Å². The van der Waals surface area contributed by atoms with Crippen LogP contribution in [-0.4, -0.2) is 52.2 Å². The number of ketones is 1. The Morgan fingerprint density at radius 1 is 0.886 bits per heavy atom. The number of nitrogens with one attached hydrogen (secondary N) is 1. The monoisotopic (exact) mass is 496 g/mol. The molecule has 2 unspecified atom stereocenters. The zero-order valence-corrected chi connectivity index (χ0v) is 23.2. The number of likely N-dealkylation sites (tertiary alicyclic amines) is 1. The lowest BCUT2D eigenvalue weighted by Crippen LogP contribution is -2.56. The Bertz CT molecular complexity index is 627. The molecule has 1 heterocycles. The van der Waals surface area contributed by atoms with Crippen LogP contribution in [-0.2, 0) is 19.2 Å². The molecule has 2 aliphatic rings. The van der Waals surface area contributed by atoms with E-state index in [4.69, 9.17) is 0 Å². The maximum atomic E-state index is 13.1. The summed E-state index contributed by atoms with van der Waals surface area (Å²) in [5, 5.41) is 11.9. The highest BCUT2D eigenvalue weighted by atomic mass is 16.4. The number of carboxylic acids is 1. The molecular weight excluding hydrogens is 444 g/mol. The molecule has 1 saturated heterocycles. The molecule has 1 aliphatic heterocycles. The summed E-state index contributed by atoms with van der Waals surface area (Å²) in [4.78, 5) is 51.2. The summed E-state index contributed by atoms with van der Waals surface area (Å²) < 4.78 is 0. The first-order chi connectivity index (χ1) is 16.8. The molecule has 2 atom stereocenters. The van der Waals surface area contributed by atoms with Crippen molar-refractivity contribution in [2.24, 2.45) is 11.8 Å². The number of rotatable bonds is 10. The van der Waals surface area contributed by atoms with Gasteiger partial charge in [0.2, 0.25) is 11.8 Å². The molecule has 0 aromatic carbocycles. The van der Waals surface area contributed by atoms with E-state index in [2.05, 4.69) is 19.2 Å². The van der Waals surface area contributed by atoms with Gasteiger partial charge in [0, 0.05) is 13.0 Å². The third kappa shape index (κ3) is 12.0. The maximum Gasteiger partial charge on any atom is 0.374 e. The Morgan fingerprint density at radius 2 is 1.43 bits per heavy atom. The van der Waals surface area contributed by atoms with Gasteiger partial charge in [-0.05, 0) is 50.4 Å². The molecule has 1 saturated carbocycles. The van der Waals surface area contributed by atoms with Crippen LogP contribution in [0.2, 0.25) is 0 Å². The van der Waals surface area contributed by atoms with Crippen molar-refractivity contribution in [1.82, 2.24) is 10.2 Å². The van der Waals surface area contributed by atoms with Crippen molar-refractivity contribution in [3.05, 3.63) is 0 Å². The molecule has 2 amide bonds. The van der Waals surface area contributed by atoms with Gasteiger partial charge in [-0.15, -0.1) is 0 Å². The Morgan fingerprint density at radius 3 is 1.94 bits per heavy atom. The average Bonchev–Trinajstić information content (AvgIpc) is 2.88. The summed E-state index contributed by atoms with van der Waals surface area (Å²) in [6.45, 7) is 12.8. The van der Waals surface area contributed by atoms with Crippen LogP contribution in [0, 0.1) is 11.8 Å². The van der Waals surface area contributed by atoms with Gasteiger partial charge in [-0.3, -0.25) is 14.4 Å². The van der Waals surface area contributed by atoms with Gasteiger partial charge in [0.15, 0.2) is 0 Å². The molecule has 2 N–H and O–H groups in total. The number of piperidine rings is 1. The van der Waals surface area contributed by atoms with E-state index in [1.165, 1.54) is 12.8 Å². The van der Waals surface area contributed by atoms with E-state index < -0.39 is 29.7 Å². The van der Waals surface area contributed by atoms with E-state index in [0.717, 1.165) is 51.4 Å². The number of carbonyl (C=O) groups is 4. The molecule has 0 spiro atoms. The molecule has 2 rings (SSSR count). The summed E-state index contributed by atoms with van der Waals surface area (Å²) in [5.74, 6) is -2.33. The zero-order valence-electron chi connectivity index (χ0n) is 23.2. The van der Waals surface area contributed by atoms with Crippen LogP contribution in [0.1, 0.15) is 125 Å². The number of carbonyl (C=O) groups excluding carboxylic acids is 3. The lowest BCUT2D eigenvalue weighted by atomic mass is 9.86. The van der Waals surface area contributed by atoms with Gasteiger partial charge in [0.1, 0.15) is 6.04 Å².